The minimum absolute atomic E-state index is 0.0672. The molecular formula is C33H36O12. The molecule has 1 spiro atoms. The van der Waals surface area contributed by atoms with Crippen LogP contribution in [0.5, 0.6) is 0 Å². The van der Waals surface area contributed by atoms with E-state index in [-0.39, 0.29) is 11.1 Å². The van der Waals surface area contributed by atoms with Crippen LogP contribution in [-0.2, 0) is 38.1 Å². The number of ketones is 1. The Kier molecular flexibility index (Phi) is 8.13. The van der Waals surface area contributed by atoms with Gasteiger partial charge in [-0.3, -0.25) is 14.4 Å². The van der Waals surface area contributed by atoms with E-state index in [0.29, 0.717) is 0 Å². The Labute approximate surface area is 259 Å². The summed E-state index contributed by atoms with van der Waals surface area (Å²) in [5, 5.41) is 24.3. The number of aliphatic hydroxyl groups excluding tert-OH is 1. The van der Waals surface area contributed by atoms with Gasteiger partial charge in [0, 0.05) is 20.3 Å². The Balaban J connectivity index is 1.81. The first-order valence-corrected chi connectivity index (χ1v) is 14.6. The zero-order chi connectivity index (χ0) is 32.9. The highest BCUT2D eigenvalue weighted by molar-refractivity contribution is 5.96. The number of aliphatic hydroxyl groups is 2. The quantitative estimate of drug-likeness (QED) is 0.340. The van der Waals surface area contributed by atoms with E-state index >= 15 is 0 Å². The minimum Gasteiger partial charge on any atom is -0.465 e. The van der Waals surface area contributed by atoms with Crippen molar-refractivity contribution in [2.45, 2.75) is 82.3 Å². The van der Waals surface area contributed by atoms with Crippen LogP contribution in [-0.4, -0.2) is 87.7 Å². The summed E-state index contributed by atoms with van der Waals surface area (Å²) in [6.07, 6.45) is -7.37. The second-order valence-electron chi connectivity index (χ2n) is 12.6. The fraction of sp³-hybridized carbons (Fsp3) is 0.485. The molecule has 1 aliphatic heterocycles. The maximum atomic E-state index is 14.5. The lowest BCUT2D eigenvalue weighted by Gasteiger charge is -2.64. The summed E-state index contributed by atoms with van der Waals surface area (Å²) >= 11 is 0. The highest BCUT2D eigenvalue weighted by Crippen LogP contribution is 2.67. The van der Waals surface area contributed by atoms with E-state index in [2.05, 4.69) is 0 Å². The zero-order valence-electron chi connectivity index (χ0n) is 25.6. The molecule has 3 fully saturated rings. The lowest BCUT2D eigenvalue weighted by molar-refractivity contribution is -0.348. The first-order valence-electron chi connectivity index (χ1n) is 14.6. The van der Waals surface area contributed by atoms with Crippen LogP contribution in [0.25, 0.3) is 0 Å². The molecule has 8 atom stereocenters. The van der Waals surface area contributed by atoms with Crippen LogP contribution in [0.1, 0.15) is 61.8 Å². The molecule has 45 heavy (non-hydrogen) atoms. The normalized spacial score (nSPS) is 34.6. The third-order valence-corrected chi connectivity index (χ3v) is 9.18. The van der Waals surface area contributed by atoms with E-state index in [4.69, 9.17) is 23.7 Å². The van der Waals surface area contributed by atoms with E-state index in [0.717, 1.165) is 13.8 Å². The molecule has 2 aromatic carbocycles. The summed E-state index contributed by atoms with van der Waals surface area (Å²) < 4.78 is 29.7. The van der Waals surface area contributed by atoms with E-state index in [9.17, 15) is 34.2 Å². The zero-order valence-corrected chi connectivity index (χ0v) is 25.6. The van der Waals surface area contributed by atoms with E-state index in [1.165, 1.54) is 45.0 Å². The summed E-state index contributed by atoms with van der Waals surface area (Å²) in [5.41, 5.74) is -8.06. The molecule has 0 unspecified atom stereocenters. The van der Waals surface area contributed by atoms with Crippen molar-refractivity contribution >= 4 is 29.7 Å². The summed E-state index contributed by atoms with van der Waals surface area (Å²) in [4.78, 5) is 66.6. The fourth-order valence-electron chi connectivity index (χ4n) is 7.56. The molecule has 12 nitrogen and oxygen atoms in total. The monoisotopic (exact) mass is 624 g/mol. The van der Waals surface area contributed by atoms with Gasteiger partial charge in [0.1, 0.15) is 23.7 Å². The van der Waals surface area contributed by atoms with Crippen molar-refractivity contribution in [3.63, 3.8) is 0 Å². The van der Waals surface area contributed by atoms with Crippen LogP contribution in [0.3, 0.4) is 0 Å². The molecule has 12 heteroatoms. The maximum Gasteiger partial charge on any atom is 0.338 e. The van der Waals surface area contributed by atoms with Crippen molar-refractivity contribution < 1.29 is 57.9 Å². The van der Waals surface area contributed by atoms with Gasteiger partial charge in [-0.15, -0.1) is 0 Å². The molecule has 3 aliphatic rings. The highest BCUT2D eigenvalue weighted by atomic mass is 16.6. The van der Waals surface area contributed by atoms with Crippen LogP contribution in [0, 0.1) is 11.3 Å². The second-order valence-corrected chi connectivity index (χ2v) is 12.6. The Morgan fingerprint density at radius 1 is 0.844 bits per heavy atom. The van der Waals surface area contributed by atoms with Gasteiger partial charge < -0.3 is 33.9 Å². The summed E-state index contributed by atoms with van der Waals surface area (Å²) in [6, 6.07) is 15.6. The minimum atomic E-state index is -2.34. The lowest BCUT2D eigenvalue weighted by Crippen LogP contribution is -2.84. The molecule has 2 aromatic rings. The van der Waals surface area contributed by atoms with Gasteiger partial charge in [-0.25, -0.2) is 9.59 Å². The van der Waals surface area contributed by atoms with Crippen LogP contribution in [0.4, 0.5) is 0 Å². The Morgan fingerprint density at radius 2 is 1.38 bits per heavy atom. The number of benzene rings is 2. The number of carbonyl (C=O) groups excluding carboxylic acids is 5. The number of ether oxygens (including phenoxy) is 5. The standard InChI is InChI=1S/C33H36O12/c1-18(34)41-17-32-26(43-28(38)20-12-8-6-9-13-20)22(42-19(2)35)16-31(5,40)33(32)25(37)23(30(3,4)45-33)24(36)27(32)44-29(39)21-14-10-7-11-15-21/h6-15,22-23,25-27,37,40H,16-17H2,1-5H3/t22-,23+,25+,26-,27+,31+,32-,33-/m0/s1. The van der Waals surface area contributed by atoms with Crippen molar-refractivity contribution in [1.82, 2.24) is 0 Å². The third kappa shape index (κ3) is 5.01. The topological polar surface area (TPSA) is 172 Å². The number of rotatable bonds is 7. The van der Waals surface area contributed by atoms with Gasteiger partial charge in [-0.05, 0) is 45.0 Å². The number of hydrogen-bond acceptors (Lipinski definition) is 12. The van der Waals surface area contributed by atoms with Crippen molar-refractivity contribution in [3.8, 4) is 0 Å². The Morgan fingerprint density at radius 3 is 1.89 bits per heavy atom. The first-order chi connectivity index (χ1) is 21.1. The second kappa shape index (κ2) is 11.3. The first kappa shape index (κ1) is 32.3. The number of carbonyl (C=O) groups is 5. The molecule has 0 amide bonds. The molecule has 0 aromatic heterocycles. The fourth-order valence-corrected chi connectivity index (χ4v) is 7.56. The van der Waals surface area contributed by atoms with Gasteiger partial charge in [0.25, 0.3) is 0 Å². The molecule has 1 heterocycles. The lowest BCUT2D eigenvalue weighted by atomic mass is 9.46. The number of Topliss-reactive ketones (excluding diaryl/α,β-unsaturated/α-hetero) is 1. The summed E-state index contributed by atoms with van der Waals surface area (Å²) in [6.45, 7) is 5.73. The van der Waals surface area contributed by atoms with Crippen molar-refractivity contribution in [2.24, 2.45) is 11.3 Å². The van der Waals surface area contributed by atoms with Gasteiger partial charge in [-0.1, -0.05) is 36.4 Å². The van der Waals surface area contributed by atoms with Gasteiger partial charge in [0.15, 0.2) is 18.0 Å². The average molecular weight is 625 g/mol. The van der Waals surface area contributed by atoms with Gasteiger partial charge in [0.2, 0.25) is 0 Å². The van der Waals surface area contributed by atoms with Crippen LogP contribution in [0.2, 0.25) is 0 Å². The predicted molar refractivity (Wildman–Crippen MR) is 154 cm³/mol. The molecule has 240 valence electrons. The van der Waals surface area contributed by atoms with E-state index in [1.807, 2.05) is 0 Å². The predicted octanol–water partition coefficient (Wildman–Crippen LogP) is 2.18. The van der Waals surface area contributed by atoms with Crippen molar-refractivity contribution in [1.29, 1.82) is 0 Å². The number of fused-ring (bicyclic) bond motifs is 1. The average Bonchev–Trinajstić information content (AvgIpc) is 3.16. The summed E-state index contributed by atoms with van der Waals surface area (Å²) in [5.74, 6) is -5.69. The molecule has 2 saturated carbocycles. The molecule has 2 aliphatic carbocycles. The SMILES string of the molecule is CC(=O)OC[C@]12[C@H](OC(=O)c3ccccc3)C(=O)[C@@H]3[C@@H](O)[C@]1(OC3(C)C)[C@](C)(O)C[C@H](OC(C)=O)[C@@H]2OC(=O)c1ccccc1. The maximum absolute atomic E-state index is 14.5. The van der Waals surface area contributed by atoms with Gasteiger partial charge >= 0.3 is 23.9 Å². The largest absolute Gasteiger partial charge is 0.465 e. The molecule has 5 rings (SSSR count). The number of hydrogen-bond donors (Lipinski definition) is 2. The third-order valence-electron chi connectivity index (χ3n) is 9.18. The highest BCUT2D eigenvalue weighted by Gasteiger charge is 2.87. The van der Waals surface area contributed by atoms with Crippen LogP contribution in [0.15, 0.2) is 60.7 Å². The molecule has 1 saturated heterocycles. The van der Waals surface area contributed by atoms with E-state index in [1.54, 1.807) is 36.4 Å². The molecular weight excluding hydrogens is 588 g/mol. The smallest absolute Gasteiger partial charge is 0.338 e. The molecule has 2 bridgehead atoms. The van der Waals surface area contributed by atoms with Crippen molar-refractivity contribution in [2.75, 3.05) is 6.61 Å². The molecule has 0 radical (unpaired) electrons. The Bertz CT molecular complexity index is 1500. The Hall–Kier alpha value is -4.13. The van der Waals surface area contributed by atoms with Gasteiger partial charge in [-0.2, -0.15) is 0 Å². The number of esters is 4. The van der Waals surface area contributed by atoms with E-state index < -0.39 is 95.2 Å². The summed E-state index contributed by atoms with van der Waals surface area (Å²) in [7, 11) is 0. The van der Waals surface area contributed by atoms with Gasteiger partial charge in [0.05, 0.1) is 34.4 Å². The van der Waals surface area contributed by atoms with Crippen LogP contribution < -0.4 is 0 Å². The van der Waals surface area contributed by atoms with Crippen molar-refractivity contribution in [3.05, 3.63) is 71.8 Å². The molecule has 2 N–H and O–H groups in total. The van der Waals surface area contributed by atoms with Crippen LogP contribution >= 0.6 is 0 Å².